The molecule has 0 saturated heterocycles. The average molecular weight is 333 g/mol. The molecule has 0 aromatic heterocycles. The summed E-state index contributed by atoms with van der Waals surface area (Å²) in [5.41, 5.74) is 4.03. The zero-order chi connectivity index (χ0) is 16.6. The molecular formula is C17H19NO4S. The molecule has 0 radical (unpaired) electrons. The van der Waals surface area contributed by atoms with Gasteiger partial charge in [0, 0.05) is 6.54 Å². The van der Waals surface area contributed by atoms with Gasteiger partial charge in [-0.15, -0.1) is 0 Å². The number of nitrogens with zero attached hydrogens (tertiary/aromatic N) is 1. The van der Waals surface area contributed by atoms with Gasteiger partial charge in [0.1, 0.15) is 0 Å². The van der Waals surface area contributed by atoms with Crippen molar-refractivity contribution in [1.82, 2.24) is 0 Å². The Morgan fingerprint density at radius 3 is 2.61 bits per heavy atom. The number of hydrogen-bond donors (Lipinski definition) is 1. The second-order valence-corrected chi connectivity index (χ2v) is 7.36. The van der Waals surface area contributed by atoms with Gasteiger partial charge in [0.05, 0.1) is 17.1 Å². The molecule has 1 aliphatic heterocycles. The van der Waals surface area contributed by atoms with Crippen molar-refractivity contribution in [3.8, 4) is 11.5 Å². The molecule has 2 aromatic rings. The largest absolute Gasteiger partial charge is 0.453 e. The lowest BCUT2D eigenvalue weighted by Gasteiger charge is -2.34. The van der Waals surface area contributed by atoms with Crippen LogP contribution in [0.4, 0.5) is 11.4 Å². The standard InChI is InChI=1S/C17H19NO4S/c1-12-10-13(2)17-16(11-12)22-15-7-4-3-6-14(15)18(17)8-5-9-23(19,20)21/h3-4,6-7,10-11H,5,8-9H2,1-2H3,(H,19,20,21). The Bertz CT molecular complexity index is 846. The summed E-state index contributed by atoms with van der Waals surface area (Å²) >= 11 is 0. The van der Waals surface area contributed by atoms with Gasteiger partial charge in [-0.2, -0.15) is 8.42 Å². The second-order valence-electron chi connectivity index (χ2n) is 5.79. The van der Waals surface area contributed by atoms with Gasteiger partial charge in [-0.1, -0.05) is 18.2 Å². The summed E-state index contributed by atoms with van der Waals surface area (Å²) in [6, 6.07) is 11.7. The van der Waals surface area contributed by atoms with Crippen molar-refractivity contribution < 1.29 is 17.7 Å². The molecule has 0 bridgehead atoms. The van der Waals surface area contributed by atoms with Crippen LogP contribution in [-0.4, -0.2) is 25.3 Å². The summed E-state index contributed by atoms with van der Waals surface area (Å²) in [5, 5.41) is 0. The van der Waals surface area contributed by atoms with Gasteiger partial charge >= 0.3 is 0 Å². The predicted molar refractivity (Wildman–Crippen MR) is 90.5 cm³/mol. The van der Waals surface area contributed by atoms with Crippen molar-refractivity contribution in [3.05, 3.63) is 47.5 Å². The first kappa shape index (κ1) is 15.8. The molecule has 3 rings (SSSR count). The minimum atomic E-state index is -3.95. The van der Waals surface area contributed by atoms with Crippen molar-refractivity contribution in [3.63, 3.8) is 0 Å². The third-order valence-electron chi connectivity index (χ3n) is 3.84. The number of aryl methyl sites for hydroxylation is 2. The number of benzene rings is 2. The van der Waals surface area contributed by atoms with E-state index in [4.69, 9.17) is 9.29 Å². The van der Waals surface area contributed by atoms with E-state index in [2.05, 4.69) is 11.0 Å². The Morgan fingerprint density at radius 1 is 1.13 bits per heavy atom. The second kappa shape index (κ2) is 5.86. The minimum absolute atomic E-state index is 0.257. The lowest BCUT2D eigenvalue weighted by molar-refractivity contribution is 0.470. The van der Waals surface area contributed by atoms with E-state index < -0.39 is 10.1 Å². The fraction of sp³-hybridized carbons (Fsp3) is 0.294. The SMILES string of the molecule is Cc1cc(C)c2c(c1)Oc1ccccc1N2CCCS(=O)(=O)O. The first-order valence-corrected chi connectivity index (χ1v) is 9.07. The topological polar surface area (TPSA) is 66.8 Å². The fourth-order valence-electron chi connectivity index (χ4n) is 2.99. The molecule has 0 fully saturated rings. The van der Waals surface area contributed by atoms with Crippen LogP contribution < -0.4 is 9.64 Å². The monoisotopic (exact) mass is 333 g/mol. The lowest BCUT2D eigenvalue weighted by atomic mass is 10.1. The molecule has 0 amide bonds. The normalized spacial score (nSPS) is 13.3. The zero-order valence-electron chi connectivity index (χ0n) is 13.1. The maximum Gasteiger partial charge on any atom is 0.264 e. The zero-order valence-corrected chi connectivity index (χ0v) is 13.9. The van der Waals surface area contributed by atoms with Crippen molar-refractivity contribution in [2.75, 3.05) is 17.2 Å². The van der Waals surface area contributed by atoms with Gasteiger partial charge in [-0.25, -0.2) is 0 Å². The average Bonchev–Trinajstić information content (AvgIpc) is 2.44. The van der Waals surface area contributed by atoms with Gasteiger partial charge in [0.15, 0.2) is 11.5 Å². The van der Waals surface area contributed by atoms with Crippen molar-refractivity contribution in [1.29, 1.82) is 0 Å². The molecule has 1 N–H and O–H groups in total. The van der Waals surface area contributed by atoms with E-state index in [-0.39, 0.29) is 5.75 Å². The fourth-order valence-corrected chi connectivity index (χ4v) is 3.48. The van der Waals surface area contributed by atoms with Crippen molar-refractivity contribution in [2.45, 2.75) is 20.3 Å². The smallest absolute Gasteiger partial charge is 0.264 e. The number of hydrogen-bond acceptors (Lipinski definition) is 4. The van der Waals surface area contributed by atoms with Crippen LogP contribution in [0, 0.1) is 13.8 Å². The maximum absolute atomic E-state index is 11.0. The summed E-state index contributed by atoms with van der Waals surface area (Å²) < 4.78 is 36.9. The molecule has 2 aromatic carbocycles. The van der Waals surface area contributed by atoms with Gasteiger partial charge < -0.3 is 9.64 Å². The van der Waals surface area contributed by atoms with Crippen LogP contribution in [0.15, 0.2) is 36.4 Å². The molecule has 1 heterocycles. The highest BCUT2D eigenvalue weighted by atomic mass is 32.2. The summed E-state index contributed by atoms with van der Waals surface area (Å²) in [6.45, 7) is 4.51. The first-order valence-electron chi connectivity index (χ1n) is 7.46. The first-order chi connectivity index (χ1) is 10.8. The number of para-hydroxylation sites is 2. The Kier molecular flexibility index (Phi) is 4.04. The molecule has 122 valence electrons. The maximum atomic E-state index is 11.0. The molecule has 0 saturated carbocycles. The van der Waals surface area contributed by atoms with E-state index in [0.29, 0.717) is 13.0 Å². The molecule has 1 aliphatic rings. The summed E-state index contributed by atoms with van der Waals surface area (Å²) in [6.07, 6.45) is 0.333. The molecule has 6 heteroatoms. The highest BCUT2D eigenvalue weighted by Crippen LogP contribution is 2.48. The van der Waals surface area contributed by atoms with Gasteiger partial charge in [0.25, 0.3) is 10.1 Å². The molecule has 0 unspecified atom stereocenters. The molecular weight excluding hydrogens is 314 g/mol. The van der Waals surface area contributed by atoms with Crippen LogP contribution in [0.3, 0.4) is 0 Å². The quantitative estimate of drug-likeness (QED) is 0.862. The Hall–Kier alpha value is -2.05. The van der Waals surface area contributed by atoms with E-state index in [9.17, 15) is 8.42 Å². The minimum Gasteiger partial charge on any atom is -0.453 e. The lowest BCUT2D eigenvalue weighted by Crippen LogP contribution is -2.25. The predicted octanol–water partition coefficient (Wildman–Crippen LogP) is 3.83. The van der Waals surface area contributed by atoms with Crippen LogP contribution in [-0.2, 0) is 10.1 Å². The van der Waals surface area contributed by atoms with E-state index >= 15 is 0 Å². The summed E-state index contributed by atoms with van der Waals surface area (Å²) in [5.74, 6) is 1.26. The molecule has 5 nitrogen and oxygen atoms in total. The molecule has 0 atom stereocenters. The third kappa shape index (κ3) is 3.33. The number of rotatable bonds is 4. The van der Waals surface area contributed by atoms with Crippen molar-refractivity contribution in [2.24, 2.45) is 0 Å². The van der Waals surface area contributed by atoms with E-state index in [1.165, 1.54) is 0 Å². The highest BCUT2D eigenvalue weighted by molar-refractivity contribution is 7.85. The van der Waals surface area contributed by atoms with Gasteiger partial charge in [0.2, 0.25) is 0 Å². The van der Waals surface area contributed by atoms with Crippen LogP contribution in [0.1, 0.15) is 17.5 Å². The highest BCUT2D eigenvalue weighted by Gasteiger charge is 2.26. The number of fused-ring (bicyclic) bond motifs is 2. The van der Waals surface area contributed by atoms with Crippen LogP contribution >= 0.6 is 0 Å². The van der Waals surface area contributed by atoms with E-state index in [1.807, 2.05) is 44.2 Å². The Labute approximate surface area is 136 Å². The number of ether oxygens (including phenoxy) is 1. The number of anilines is 2. The van der Waals surface area contributed by atoms with E-state index in [0.717, 1.165) is 34.0 Å². The summed E-state index contributed by atoms with van der Waals surface area (Å²) in [4.78, 5) is 2.06. The van der Waals surface area contributed by atoms with Gasteiger partial charge in [-0.3, -0.25) is 4.55 Å². The van der Waals surface area contributed by atoms with Crippen LogP contribution in [0.2, 0.25) is 0 Å². The molecule has 0 spiro atoms. The Morgan fingerprint density at radius 2 is 1.87 bits per heavy atom. The van der Waals surface area contributed by atoms with Crippen molar-refractivity contribution >= 4 is 21.5 Å². The van der Waals surface area contributed by atoms with Crippen LogP contribution in [0.5, 0.6) is 11.5 Å². The van der Waals surface area contributed by atoms with Crippen LogP contribution in [0.25, 0.3) is 0 Å². The summed E-state index contributed by atoms with van der Waals surface area (Å²) in [7, 11) is -3.95. The van der Waals surface area contributed by atoms with Gasteiger partial charge in [-0.05, 0) is 49.6 Å². The molecule has 23 heavy (non-hydrogen) atoms. The third-order valence-corrected chi connectivity index (χ3v) is 4.64. The van der Waals surface area contributed by atoms with E-state index in [1.54, 1.807) is 0 Å². The Balaban J connectivity index is 2.00. The molecule has 0 aliphatic carbocycles.